The maximum atomic E-state index is 5.10. The van der Waals surface area contributed by atoms with E-state index in [0.717, 1.165) is 21.2 Å². The molecule has 0 amide bonds. The van der Waals surface area contributed by atoms with Gasteiger partial charge in [0.25, 0.3) is 0 Å². The Morgan fingerprint density at radius 1 is 0.552 bits per heavy atom. The van der Waals surface area contributed by atoms with Crippen molar-refractivity contribution < 1.29 is 0 Å². The molecule has 0 unspecified atom stereocenters. The van der Waals surface area contributed by atoms with Gasteiger partial charge in [-0.05, 0) is 45.8 Å². The van der Waals surface area contributed by atoms with Crippen LogP contribution in [0.15, 0.2) is 102 Å². The van der Waals surface area contributed by atoms with Crippen LogP contribution in [0, 0.1) is 0 Å². The predicted molar refractivity (Wildman–Crippen MR) is 127 cm³/mol. The zero-order valence-corrected chi connectivity index (χ0v) is 17.1. The van der Waals surface area contributed by atoms with E-state index in [-0.39, 0.29) is 0 Å². The largest absolute Gasteiger partial charge is 0.247 e. The van der Waals surface area contributed by atoms with Crippen LogP contribution in [0.5, 0.6) is 0 Å². The van der Waals surface area contributed by atoms with E-state index >= 15 is 0 Å². The molecule has 0 aliphatic rings. The molecule has 0 N–H and O–H groups in total. The second kappa shape index (κ2) is 6.40. The lowest BCUT2D eigenvalue weighted by Crippen LogP contribution is -1.91. The summed E-state index contributed by atoms with van der Waals surface area (Å²) >= 11 is 3.57. The molecule has 0 fully saturated rings. The molecular weight excluding hydrogens is 418 g/mol. The summed E-state index contributed by atoms with van der Waals surface area (Å²) in [5.41, 5.74) is 3.21. The van der Waals surface area contributed by atoms with Gasteiger partial charge in [0, 0.05) is 26.2 Å². The number of pyridine rings is 1. The van der Waals surface area contributed by atoms with E-state index in [0.29, 0.717) is 0 Å². The van der Waals surface area contributed by atoms with Crippen LogP contribution in [0.4, 0.5) is 0 Å². The lowest BCUT2D eigenvalue weighted by molar-refractivity contribution is 1.43. The van der Waals surface area contributed by atoms with E-state index in [1.807, 2.05) is 0 Å². The number of hydrogen-bond acceptors (Lipinski definition) is 1. The normalized spacial score (nSPS) is 11.6. The first-order valence-corrected chi connectivity index (χ1v) is 10.5. The number of para-hydroxylation sites is 1. The van der Waals surface area contributed by atoms with Gasteiger partial charge in [-0.3, -0.25) is 0 Å². The molecule has 6 aromatic rings. The first-order chi connectivity index (χ1) is 14.3. The zero-order valence-electron chi connectivity index (χ0n) is 15.6. The number of hydrogen-bond donors (Lipinski definition) is 0. The second-order valence-electron chi connectivity index (χ2n) is 7.39. The SMILES string of the molecule is Brc1ccc2cc(-c3nc4ccccc4c4c3ccc3ccccc34)ccc2c1. The van der Waals surface area contributed by atoms with Gasteiger partial charge >= 0.3 is 0 Å². The van der Waals surface area contributed by atoms with Gasteiger partial charge < -0.3 is 0 Å². The third kappa shape index (κ3) is 2.64. The summed E-state index contributed by atoms with van der Waals surface area (Å²) in [6, 6.07) is 34.5. The molecule has 0 atom stereocenters. The zero-order chi connectivity index (χ0) is 19.4. The number of rotatable bonds is 1. The maximum absolute atomic E-state index is 5.10. The highest BCUT2D eigenvalue weighted by Crippen LogP contribution is 2.37. The molecule has 0 aliphatic heterocycles. The Bertz CT molecular complexity index is 1550. The summed E-state index contributed by atoms with van der Waals surface area (Å²) in [6.45, 7) is 0. The third-order valence-corrected chi connectivity index (χ3v) is 6.16. The average molecular weight is 434 g/mol. The summed E-state index contributed by atoms with van der Waals surface area (Å²) < 4.78 is 1.10. The molecule has 6 rings (SSSR count). The number of fused-ring (bicyclic) bond motifs is 6. The molecule has 5 aromatic carbocycles. The van der Waals surface area contributed by atoms with E-state index in [4.69, 9.17) is 4.98 Å². The molecule has 136 valence electrons. The van der Waals surface area contributed by atoms with Gasteiger partial charge in [-0.1, -0.05) is 88.7 Å². The number of benzene rings is 5. The predicted octanol–water partition coefficient (Wildman–Crippen LogP) is 8.12. The Morgan fingerprint density at radius 2 is 1.28 bits per heavy atom. The average Bonchev–Trinajstić information content (AvgIpc) is 2.77. The van der Waals surface area contributed by atoms with Crippen LogP contribution in [-0.4, -0.2) is 4.98 Å². The summed E-state index contributed by atoms with van der Waals surface area (Å²) in [7, 11) is 0. The van der Waals surface area contributed by atoms with Crippen molar-refractivity contribution in [2.75, 3.05) is 0 Å². The Hall–Kier alpha value is -3.23. The highest BCUT2D eigenvalue weighted by Gasteiger charge is 2.13. The molecule has 1 heterocycles. The minimum Gasteiger partial charge on any atom is -0.247 e. The van der Waals surface area contributed by atoms with Crippen molar-refractivity contribution in [3.05, 3.63) is 102 Å². The molecule has 0 saturated carbocycles. The summed E-state index contributed by atoms with van der Waals surface area (Å²) in [5.74, 6) is 0. The molecule has 1 nitrogen and oxygen atoms in total. The number of nitrogens with zero attached hydrogens (tertiary/aromatic N) is 1. The lowest BCUT2D eigenvalue weighted by Gasteiger charge is -2.13. The first-order valence-electron chi connectivity index (χ1n) is 9.68. The van der Waals surface area contributed by atoms with Gasteiger partial charge in [-0.25, -0.2) is 4.98 Å². The van der Waals surface area contributed by atoms with E-state index in [2.05, 4.69) is 113 Å². The van der Waals surface area contributed by atoms with Gasteiger partial charge in [-0.15, -0.1) is 0 Å². The second-order valence-corrected chi connectivity index (χ2v) is 8.31. The Balaban J connectivity index is 1.76. The molecule has 0 aliphatic carbocycles. The molecule has 0 spiro atoms. The Labute approximate surface area is 176 Å². The molecule has 0 radical (unpaired) electrons. The maximum Gasteiger partial charge on any atom is 0.0788 e. The van der Waals surface area contributed by atoms with Crippen molar-refractivity contribution in [1.82, 2.24) is 4.98 Å². The monoisotopic (exact) mass is 433 g/mol. The van der Waals surface area contributed by atoms with E-state index in [1.165, 1.54) is 37.7 Å². The Kier molecular flexibility index (Phi) is 3.68. The van der Waals surface area contributed by atoms with Crippen LogP contribution in [0.1, 0.15) is 0 Å². The van der Waals surface area contributed by atoms with Gasteiger partial charge in [0.1, 0.15) is 0 Å². The molecule has 0 saturated heterocycles. The fourth-order valence-electron chi connectivity index (χ4n) is 4.31. The van der Waals surface area contributed by atoms with Gasteiger partial charge in [0.2, 0.25) is 0 Å². The summed E-state index contributed by atoms with van der Waals surface area (Å²) in [6.07, 6.45) is 0. The Morgan fingerprint density at radius 3 is 2.21 bits per heavy atom. The number of halogens is 1. The standard InChI is InChI=1S/C27H16BrN/c28-21-13-11-18-15-20(10-9-19(18)16-21)27-24-14-12-17-5-1-2-6-22(17)26(24)23-7-3-4-8-25(23)29-27/h1-16H. The van der Waals surface area contributed by atoms with Crippen LogP contribution in [0.3, 0.4) is 0 Å². The highest BCUT2D eigenvalue weighted by atomic mass is 79.9. The molecule has 2 heteroatoms. The first kappa shape index (κ1) is 16.7. The summed E-state index contributed by atoms with van der Waals surface area (Å²) in [4.78, 5) is 5.10. The molecule has 0 bridgehead atoms. The van der Waals surface area contributed by atoms with Gasteiger partial charge in [0.15, 0.2) is 0 Å². The van der Waals surface area contributed by atoms with E-state index < -0.39 is 0 Å². The molecular formula is C27H16BrN. The van der Waals surface area contributed by atoms with Crippen LogP contribution in [-0.2, 0) is 0 Å². The van der Waals surface area contributed by atoms with Crippen molar-refractivity contribution >= 4 is 59.2 Å². The fourth-order valence-corrected chi connectivity index (χ4v) is 4.69. The topological polar surface area (TPSA) is 12.9 Å². The van der Waals surface area contributed by atoms with Crippen molar-refractivity contribution in [2.24, 2.45) is 0 Å². The highest BCUT2D eigenvalue weighted by molar-refractivity contribution is 9.10. The molecule has 1 aromatic heterocycles. The minimum atomic E-state index is 1.03. The van der Waals surface area contributed by atoms with Gasteiger partial charge in [0.05, 0.1) is 11.2 Å². The van der Waals surface area contributed by atoms with Crippen molar-refractivity contribution in [3.63, 3.8) is 0 Å². The van der Waals surface area contributed by atoms with Crippen molar-refractivity contribution in [1.29, 1.82) is 0 Å². The molecule has 29 heavy (non-hydrogen) atoms. The summed E-state index contributed by atoms with van der Waals surface area (Å²) in [5, 5.41) is 8.64. The smallest absolute Gasteiger partial charge is 0.0788 e. The lowest BCUT2D eigenvalue weighted by atomic mass is 9.94. The fraction of sp³-hybridized carbons (Fsp3) is 0. The van der Waals surface area contributed by atoms with Crippen molar-refractivity contribution in [3.8, 4) is 11.3 Å². The minimum absolute atomic E-state index is 1.03. The van der Waals surface area contributed by atoms with Crippen LogP contribution in [0.25, 0.3) is 54.5 Å². The number of aromatic nitrogens is 1. The van der Waals surface area contributed by atoms with Crippen molar-refractivity contribution in [2.45, 2.75) is 0 Å². The van der Waals surface area contributed by atoms with E-state index in [1.54, 1.807) is 0 Å². The quantitative estimate of drug-likeness (QED) is 0.238. The van der Waals surface area contributed by atoms with E-state index in [9.17, 15) is 0 Å². The van der Waals surface area contributed by atoms with Crippen LogP contribution < -0.4 is 0 Å². The van der Waals surface area contributed by atoms with Crippen LogP contribution >= 0.6 is 15.9 Å². The van der Waals surface area contributed by atoms with Gasteiger partial charge in [-0.2, -0.15) is 0 Å². The van der Waals surface area contributed by atoms with Crippen LogP contribution in [0.2, 0.25) is 0 Å². The third-order valence-electron chi connectivity index (χ3n) is 5.67.